The first-order valence-electron chi connectivity index (χ1n) is 5.10. The van der Waals surface area contributed by atoms with Gasteiger partial charge in [0.25, 0.3) is 0 Å². The molecule has 3 radical (unpaired) electrons. The third kappa shape index (κ3) is 1.78. The fourth-order valence-electron chi connectivity index (χ4n) is 1.84. The Morgan fingerprint density at radius 2 is 2.18 bits per heavy atom. The molecule has 0 N–H and O–H groups in total. The van der Waals surface area contributed by atoms with Crippen molar-refractivity contribution in [3.8, 4) is 11.5 Å². The molecule has 3 aromatic heterocycles. The summed E-state index contributed by atoms with van der Waals surface area (Å²) < 4.78 is 8.00. The van der Waals surface area contributed by atoms with Crippen molar-refractivity contribution in [1.82, 2.24) is 9.38 Å². The van der Waals surface area contributed by atoms with Gasteiger partial charge in [0, 0.05) is 19.3 Å². The predicted octanol–water partition coefficient (Wildman–Crippen LogP) is 3.60. The number of fused-ring (bicyclic) bond motifs is 1. The molecule has 0 aliphatic carbocycles. The van der Waals surface area contributed by atoms with E-state index in [1.807, 2.05) is 29.7 Å². The molecule has 0 aromatic carbocycles. The van der Waals surface area contributed by atoms with Gasteiger partial charge in [-0.25, -0.2) is 4.98 Å². The van der Waals surface area contributed by atoms with Gasteiger partial charge in [0.1, 0.15) is 11.3 Å². The summed E-state index contributed by atoms with van der Waals surface area (Å²) in [4.78, 5) is 4.50. The van der Waals surface area contributed by atoms with Crippen LogP contribution in [0.25, 0.3) is 17.1 Å². The van der Waals surface area contributed by atoms with Crippen LogP contribution in [-0.4, -0.2) is 9.38 Å². The summed E-state index contributed by atoms with van der Waals surface area (Å²) in [6.45, 7) is 9.60. The highest BCUT2D eigenvalue weighted by molar-refractivity contribution is 9.10. The van der Waals surface area contributed by atoms with E-state index in [2.05, 4.69) is 20.9 Å². The first-order valence-corrected chi connectivity index (χ1v) is 5.89. The summed E-state index contributed by atoms with van der Waals surface area (Å²) in [5, 5.41) is 0. The van der Waals surface area contributed by atoms with E-state index in [4.69, 9.17) is 11.3 Å². The van der Waals surface area contributed by atoms with E-state index in [0.29, 0.717) is 16.0 Å². The molecule has 0 saturated heterocycles. The van der Waals surface area contributed by atoms with Gasteiger partial charge in [0.05, 0.1) is 0 Å². The predicted molar refractivity (Wildman–Crippen MR) is 67.7 cm³/mol. The lowest BCUT2D eigenvalue weighted by Crippen LogP contribution is -1.88. The summed E-state index contributed by atoms with van der Waals surface area (Å²) in [7, 11) is 0. The molecule has 0 spiro atoms. The molecule has 0 fully saturated rings. The number of aromatic nitrogens is 2. The van der Waals surface area contributed by atoms with Crippen LogP contribution in [0.5, 0.6) is 0 Å². The van der Waals surface area contributed by atoms with E-state index >= 15 is 0 Å². The number of furan rings is 1. The monoisotopic (exact) mass is 287 g/mol. The van der Waals surface area contributed by atoms with Gasteiger partial charge >= 0.3 is 0 Å². The summed E-state index contributed by atoms with van der Waals surface area (Å²) in [6, 6.07) is 5.50. The van der Waals surface area contributed by atoms with Crippen molar-refractivity contribution in [2.75, 3.05) is 0 Å². The van der Waals surface area contributed by atoms with E-state index in [1.165, 1.54) is 0 Å². The average molecular weight is 288 g/mol. The average Bonchev–Trinajstić information content (AvgIpc) is 2.83. The highest BCUT2D eigenvalue weighted by Gasteiger charge is 2.09. The normalized spacial score (nSPS) is 11.2. The van der Waals surface area contributed by atoms with Crippen LogP contribution in [0.1, 0.15) is 11.1 Å². The van der Waals surface area contributed by atoms with E-state index in [-0.39, 0.29) is 0 Å². The van der Waals surface area contributed by atoms with Gasteiger partial charge in [-0.1, -0.05) is 6.07 Å². The van der Waals surface area contributed by atoms with Crippen molar-refractivity contribution in [3.63, 3.8) is 0 Å². The Bertz CT molecular complexity index is 697. The molecule has 0 amide bonds. The van der Waals surface area contributed by atoms with Gasteiger partial charge in [-0.3, -0.25) is 0 Å². The van der Waals surface area contributed by atoms with E-state index in [1.54, 1.807) is 12.3 Å². The van der Waals surface area contributed by atoms with Gasteiger partial charge < -0.3 is 8.82 Å². The summed E-state index contributed by atoms with van der Waals surface area (Å²) >= 11 is 3.27. The van der Waals surface area contributed by atoms with Crippen molar-refractivity contribution < 1.29 is 4.42 Å². The number of hydrogen-bond acceptors (Lipinski definition) is 2. The molecular weight excluding hydrogens is 280 g/mol. The Labute approximate surface area is 107 Å². The Morgan fingerprint density at radius 1 is 1.35 bits per heavy atom. The van der Waals surface area contributed by atoms with Crippen LogP contribution in [0.4, 0.5) is 0 Å². The number of pyridine rings is 1. The Balaban J connectivity index is 2.23. The molecule has 0 atom stereocenters. The lowest BCUT2D eigenvalue weighted by Gasteiger charge is -1.98. The van der Waals surface area contributed by atoms with Crippen LogP contribution in [0.15, 0.2) is 39.7 Å². The molecule has 0 aliphatic heterocycles. The van der Waals surface area contributed by atoms with Crippen LogP contribution in [0.2, 0.25) is 0 Å². The van der Waals surface area contributed by atoms with E-state index in [9.17, 15) is 0 Å². The minimum atomic E-state index is 0.472. The fraction of sp³-hybridized carbons (Fsp3) is 0.0769. The molecule has 17 heavy (non-hydrogen) atoms. The maximum absolute atomic E-state index is 7.66. The Hall–Kier alpha value is -1.55. The molecule has 0 aliphatic rings. The van der Waals surface area contributed by atoms with Crippen molar-refractivity contribution in [3.05, 3.63) is 53.3 Å². The molecule has 0 bridgehead atoms. The van der Waals surface area contributed by atoms with Gasteiger partial charge in [0.2, 0.25) is 0 Å². The highest BCUT2D eigenvalue weighted by atomic mass is 79.9. The minimum absolute atomic E-state index is 0.472. The first-order chi connectivity index (χ1) is 8.13. The minimum Gasteiger partial charge on any atom is -0.448 e. The molecule has 3 aromatic rings. The van der Waals surface area contributed by atoms with Crippen molar-refractivity contribution in [2.24, 2.45) is 0 Å². The molecule has 83 valence electrons. The molecule has 3 rings (SSSR count). The van der Waals surface area contributed by atoms with Crippen LogP contribution in [-0.2, 0) is 0 Å². The Kier molecular flexibility index (Phi) is 2.33. The van der Waals surface area contributed by atoms with E-state index in [0.717, 1.165) is 16.9 Å². The second-order valence-corrected chi connectivity index (χ2v) is 4.65. The maximum Gasteiger partial charge on any atom is 0.169 e. The standard InChI is InChI=1S/C13H8BrN2O/c1-8-5-9(2)13-15-10(7-16(13)6-8)11-3-4-12(14)17-11/h3-7H,2H3. The number of imidazole rings is 1. The van der Waals surface area contributed by atoms with Crippen LogP contribution in [0, 0.1) is 13.8 Å². The third-order valence-electron chi connectivity index (χ3n) is 2.56. The van der Waals surface area contributed by atoms with Gasteiger partial charge in [0.15, 0.2) is 10.4 Å². The quantitative estimate of drug-likeness (QED) is 0.685. The highest BCUT2D eigenvalue weighted by Crippen LogP contribution is 2.25. The maximum atomic E-state index is 7.66. The fourth-order valence-corrected chi connectivity index (χ4v) is 2.15. The zero-order valence-corrected chi connectivity index (χ0v) is 10.7. The molecule has 0 saturated carbocycles. The van der Waals surface area contributed by atoms with Crippen molar-refractivity contribution >= 4 is 21.6 Å². The van der Waals surface area contributed by atoms with Gasteiger partial charge in [-0.05, 0) is 46.1 Å². The SMILES string of the molecule is [C]c1cc(C)c2nc(-c3ccc(Br)o3)cn2c1. The second-order valence-electron chi connectivity index (χ2n) is 3.87. The summed E-state index contributed by atoms with van der Waals surface area (Å²) in [6.07, 6.45) is 3.60. The topological polar surface area (TPSA) is 30.4 Å². The Morgan fingerprint density at radius 3 is 2.88 bits per heavy atom. The van der Waals surface area contributed by atoms with E-state index < -0.39 is 0 Å². The molecule has 3 nitrogen and oxygen atoms in total. The largest absolute Gasteiger partial charge is 0.448 e. The lowest BCUT2D eigenvalue weighted by atomic mass is 10.2. The second kappa shape index (κ2) is 3.74. The number of halogens is 1. The number of hydrogen-bond donors (Lipinski definition) is 0. The molecular formula is C13H8BrN2O. The lowest BCUT2D eigenvalue weighted by molar-refractivity contribution is 0.554. The number of nitrogens with zero attached hydrogens (tertiary/aromatic N) is 2. The van der Waals surface area contributed by atoms with Crippen molar-refractivity contribution in [2.45, 2.75) is 6.92 Å². The summed E-state index contributed by atoms with van der Waals surface area (Å²) in [5.74, 6) is 0.714. The van der Waals surface area contributed by atoms with Gasteiger partial charge in [-0.2, -0.15) is 0 Å². The zero-order chi connectivity index (χ0) is 12.0. The molecule has 3 heterocycles. The molecule has 4 heteroatoms. The zero-order valence-electron chi connectivity index (χ0n) is 9.07. The van der Waals surface area contributed by atoms with Crippen LogP contribution < -0.4 is 0 Å². The van der Waals surface area contributed by atoms with Crippen molar-refractivity contribution in [1.29, 1.82) is 0 Å². The first kappa shape index (κ1) is 10.6. The van der Waals surface area contributed by atoms with Crippen LogP contribution >= 0.6 is 15.9 Å². The van der Waals surface area contributed by atoms with Crippen LogP contribution in [0.3, 0.4) is 0 Å². The third-order valence-corrected chi connectivity index (χ3v) is 2.99. The van der Waals surface area contributed by atoms with Gasteiger partial charge in [-0.15, -0.1) is 0 Å². The number of aryl methyl sites for hydroxylation is 1. The number of rotatable bonds is 1. The molecule has 0 unspecified atom stereocenters. The summed E-state index contributed by atoms with van der Waals surface area (Å²) in [5.41, 5.74) is 3.07. The smallest absolute Gasteiger partial charge is 0.169 e.